The fourth-order valence-electron chi connectivity index (χ4n) is 8.82. The van der Waals surface area contributed by atoms with Crippen LogP contribution in [0.5, 0.6) is 0 Å². The van der Waals surface area contributed by atoms with E-state index < -0.39 is 6.17 Å². The summed E-state index contributed by atoms with van der Waals surface area (Å²) in [5, 5.41) is 15.0. The Morgan fingerprint density at radius 1 is 0.429 bits per heavy atom. The van der Waals surface area contributed by atoms with E-state index in [0.29, 0.717) is 5.84 Å². The molecule has 2 aromatic heterocycles. The zero-order chi connectivity index (χ0) is 36.7. The first-order valence-electron chi connectivity index (χ1n) is 18.9. The van der Waals surface area contributed by atoms with E-state index in [2.05, 4.69) is 151 Å². The lowest BCUT2D eigenvalue weighted by Crippen LogP contribution is -2.33. The molecule has 56 heavy (non-hydrogen) atoms. The van der Waals surface area contributed by atoms with Gasteiger partial charge in [0.25, 0.3) is 0 Å². The van der Waals surface area contributed by atoms with Gasteiger partial charge in [0.15, 0.2) is 5.84 Å². The standard InChI is InChI=1S/C51H31N3O2/c1-2-14-31(15-3-1)49-52-50(54-51(53-49)41-29-32-16-5-6-17-33(32)35-19-8-9-20-36(35)41)40-27-26-38(48-45(40)39-21-10-11-23-42(39)56-48)37-22-12-24-43-47(37)46-34-18-7-4-13-30(34)25-28-44(46)55-43/h1-29,51H,(H,52,53,54). The van der Waals surface area contributed by atoms with E-state index in [1.54, 1.807) is 0 Å². The number of nitrogens with one attached hydrogen (secondary N) is 1. The van der Waals surface area contributed by atoms with Crippen LogP contribution in [0.3, 0.4) is 0 Å². The predicted molar refractivity (Wildman–Crippen MR) is 231 cm³/mol. The molecule has 0 radical (unpaired) electrons. The molecule has 0 aliphatic carbocycles. The average molecular weight is 718 g/mol. The van der Waals surface area contributed by atoms with E-state index >= 15 is 0 Å². The summed E-state index contributed by atoms with van der Waals surface area (Å²) in [6.45, 7) is 0. The number of aliphatic imine (C=N–C) groups is 2. The Morgan fingerprint density at radius 2 is 1.11 bits per heavy atom. The van der Waals surface area contributed by atoms with Crippen molar-refractivity contribution in [3.8, 4) is 11.1 Å². The second-order valence-electron chi connectivity index (χ2n) is 14.5. The van der Waals surface area contributed by atoms with Crippen LogP contribution in [-0.2, 0) is 0 Å². The summed E-state index contributed by atoms with van der Waals surface area (Å²) in [5.41, 5.74) is 8.33. The number of amidine groups is 2. The Morgan fingerprint density at radius 3 is 1.98 bits per heavy atom. The summed E-state index contributed by atoms with van der Waals surface area (Å²) in [6, 6.07) is 61.4. The van der Waals surface area contributed by atoms with E-state index in [9.17, 15) is 0 Å². The Kier molecular flexibility index (Phi) is 6.63. The number of para-hydroxylation sites is 1. The van der Waals surface area contributed by atoms with Crippen molar-refractivity contribution < 1.29 is 8.83 Å². The minimum atomic E-state index is -0.403. The molecular weight excluding hydrogens is 687 g/mol. The zero-order valence-electron chi connectivity index (χ0n) is 30.0. The molecule has 1 unspecified atom stereocenters. The SMILES string of the molecule is c1ccc(C2=NC(c3ccc(-c4cccc5oc6ccc7ccccc7c6c45)c4oc5ccccc5c34)=NC(c3cc4ccccc4c4ccccc34)N2)cc1. The second-order valence-corrected chi connectivity index (χ2v) is 14.5. The fourth-order valence-corrected chi connectivity index (χ4v) is 8.82. The van der Waals surface area contributed by atoms with Gasteiger partial charge in [-0.05, 0) is 74.3 Å². The second kappa shape index (κ2) is 12.0. The Hall–Kier alpha value is -7.50. The van der Waals surface area contributed by atoms with Crippen LogP contribution in [0, 0.1) is 0 Å². The molecule has 1 N–H and O–H groups in total. The maximum atomic E-state index is 6.87. The molecule has 1 aliphatic heterocycles. The largest absolute Gasteiger partial charge is 0.456 e. The third-order valence-electron chi connectivity index (χ3n) is 11.3. The number of benzene rings is 9. The summed E-state index contributed by atoms with van der Waals surface area (Å²) < 4.78 is 13.4. The van der Waals surface area contributed by atoms with Crippen LogP contribution in [0.15, 0.2) is 195 Å². The molecule has 0 amide bonds. The van der Waals surface area contributed by atoms with E-state index in [-0.39, 0.29) is 0 Å². The molecule has 262 valence electrons. The maximum absolute atomic E-state index is 6.87. The maximum Gasteiger partial charge on any atom is 0.160 e. The normalized spacial score (nSPS) is 14.6. The van der Waals surface area contributed by atoms with E-state index in [1.807, 2.05) is 30.3 Å². The van der Waals surface area contributed by atoms with Crippen LogP contribution in [0.2, 0.25) is 0 Å². The Labute approximate surface area is 320 Å². The smallest absolute Gasteiger partial charge is 0.160 e. The van der Waals surface area contributed by atoms with Crippen molar-refractivity contribution in [2.45, 2.75) is 6.17 Å². The van der Waals surface area contributed by atoms with Gasteiger partial charge in [-0.25, -0.2) is 9.98 Å². The topological polar surface area (TPSA) is 63.0 Å². The molecule has 1 aliphatic rings. The van der Waals surface area contributed by atoms with Crippen LogP contribution < -0.4 is 5.32 Å². The molecule has 5 nitrogen and oxygen atoms in total. The first-order valence-corrected chi connectivity index (χ1v) is 18.9. The van der Waals surface area contributed by atoms with Crippen molar-refractivity contribution >= 4 is 87.9 Å². The zero-order valence-corrected chi connectivity index (χ0v) is 30.0. The van der Waals surface area contributed by atoms with Gasteiger partial charge in [0.05, 0.1) is 0 Å². The highest BCUT2D eigenvalue weighted by Crippen LogP contribution is 2.45. The number of furan rings is 2. The molecule has 3 heterocycles. The third-order valence-corrected chi connectivity index (χ3v) is 11.3. The number of fused-ring (bicyclic) bond motifs is 11. The summed E-state index contributed by atoms with van der Waals surface area (Å²) >= 11 is 0. The number of nitrogens with zero attached hydrogens (tertiary/aromatic N) is 2. The molecule has 5 heteroatoms. The van der Waals surface area contributed by atoms with Crippen molar-refractivity contribution in [3.63, 3.8) is 0 Å². The van der Waals surface area contributed by atoms with Crippen LogP contribution in [-0.4, -0.2) is 11.7 Å². The van der Waals surface area contributed by atoms with E-state index in [0.717, 1.165) is 88.3 Å². The molecule has 0 saturated heterocycles. The Bertz CT molecular complexity index is 3460. The third kappa shape index (κ3) is 4.61. The summed E-state index contributed by atoms with van der Waals surface area (Å²) in [6.07, 6.45) is -0.403. The van der Waals surface area contributed by atoms with Gasteiger partial charge in [0, 0.05) is 43.8 Å². The van der Waals surface area contributed by atoms with Gasteiger partial charge in [0.2, 0.25) is 0 Å². The Balaban J connectivity index is 1.13. The summed E-state index contributed by atoms with van der Waals surface area (Å²) in [5.74, 6) is 1.41. The van der Waals surface area contributed by atoms with Crippen molar-refractivity contribution in [1.29, 1.82) is 0 Å². The highest BCUT2D eigenvalue weighted by molar-refractivity contribution is 6.27. The lowest BCUT2D eigenvalue weighted by Gasteiger charge is -2.25. The van der Waals surface area contributed by atoms with Gasteiger partial charge >= 0.3 is 0 Å². The van der Waals surface area contributed by atoms with Gasteiger partial charge in [-0.1, -0.05) is 140 Å². The highest BCUT2D eigenvalue weighted by Gasteiger charge is 2.27. The molecule has 9 aromatic carbocycles. The van der Waals surface area contributed by atoms with E-state index in [1.165, 1.54) is 21.5 Å². The van der Waals surface area contributed by atoms with Crippen LogP contribution >= 0.6 is 0 Å². The van der Waals surface area contributed by atoms with Gasteiger partial charge in [0.1, 0.15) is 34.3 Å². The summed E-state index contributed by atoms with van der Waals surface area (Å²) in [4.78, 5) is 10.8. The van der Waals surface area contributed by atoms with Crippen LogP contribution in [0.25, 0.3) is 87.3 Å². The van der Waals surface area contributed by atoms with E-state index in [4.69, 9.17) is 18.8 Å². The molecule has 0 fully saturated rings. The molecule has 0 saturated carbocycles. The minimum absolute atomic E-state index is 0.403. The molecule has 12 rings (SSSR count). The molecular formula is C51H31N3O2. The predicted octanol–water partition coefficient (Wildman–Crippen LogP) is 13.1. The van der Waals surface area contributed by atoms with Gasteiger partial charge in [-0.15, -0.1) is 0 Å². The molecule has 0 bridgehead atoms. The molecule has 11 aromatic rings. The quantitative estimate of drug-likeness (QED) is 0.184. The van der Waals surface area contributed by atoms with Crippen molar-refractivity contribution in [2.24, 2.45) is 9.98 Å². The fraction of sp³-hybridized carbons (Fsp3) is 0.0196. The van der Waals surface area contributed by atoms with Crippen LogP contribution in [0.1, 0.15) is 22.9 Å². The minimum Gasteiger partial charge on any atom is -0.456 e. The number of hydrogen-bond acceptors (Lipinski definition) is 5. The first kappa shape index (κ1) is 30.9. The lowest BCUT2D eigenvalue weighted by molar-refractivity contribution is 0.669. The number of rotatable bonds is 4. The average Bonchev–Trinajstić information content (AvgIpc) is 3.86. The molecule has 0 spiro atoms. The van der Waals surface area contributed by atoms with Crippen molar-refractivity contribution in [3.05, 3.63) is 193 Å². The van der Waals surface area contributed by atoms with Crippen molar-refractivity contribution in [2.75, 3.05) is 0 Å². The van der Waals surface area contributed by atoms with Gasteiger partial charge in [-0.2, -0.15) is 0 Å². The highest BCUT2D eigenvalue weighted by atomic mass is 16.3. The monoisotopic (exact) mass is 717 g/mol. The van der Waals surface area contributed by atoms with Gasteiger partial charge in [-0.3, -0.25) is 0 Å². The summed E-state index contributed by atoms with van der Waals surface area (Å²) in [7, 11) is 0. The first-order chi connectivity index (χ1) is 27.8. The lowest BCUT2D eigenvalue weighted by atomic mass is 9.93. The van der Waals surface area contributed by atoms with Gasteiger partial charge < -0.3 is 14.2 Å². The van der Waals surface area contributed by atoms with Crippen LogP contribution in [0.4, 0.5) is 0 Å². The molecule has 1 atom stereocenters. The van der Waals surface area contributed by atoms with Crippen molar-refractivity contribution in [1.82, 2.24) is 5.32 Å². The number of hydrogen-bond donors (Lipinski definition) is 1.